The number of quaternary nitrogens is 1. The molecular formula is C19H23BrN5OS+. The zero-order valence-electron chi connectivity index (χ0n) is 15.3. The molecule has 1 aliphatic carbocycles. The monoisotopic (exact) mass is 448 g/mol. The lowest BCUT2D eigenvalue weighted by Gasteiger charge is -2.37. The van der Waals surface area contributed by atoms with Crippen molar-refractivity contribution in [2.75, 3.05) is 31.3 Å². The van der Waals surface area contributed by atoms with Crippen LogP contribution in [0.1, 0.15) is 31.4 Å². The van der Waals surface area contributed by atoms with Gasteiger partial charge in [0.2, 0.25) is 5.76 Å². The van der Waals surface area contributed by atoms with E-state index in [9.17, 15) is 0 Å². The van der Waals surface area contributed by atoms with Crippen molar-refractivity contribution in [1.82, 2.24) is 9.88 Å². The average Bonchev–Trinajstić information content (AvgIpc) is 3.35. The number of anilines is 1. The zero-order chi connectivity index (χ0) is 18.6. The molecule has 6 nitrogen and oxygen atoms in total. The summed E-state index contributed by atoms with van der Waals surface area (Å²) in [4.78, 5) is 7.29. The van der Waals surface area contributed by atoms with E-state index < -0.39 is 0 Å². The molecule has 4 fully saturated rings. The van der Waals surface area contributed by atoms with Gasteiger partial charge >= 0.3 is 0 Å². The van der Waals surface area contributed by atoms with E-state index in [1.807, 2.05) is 18.0 Å². The van der Waals surface area contributed by atoms with Gasteiger partial charge in [-0.3, -0.25) is 0 Å². The summed E-state index contributed by atoms with van der Waals surface area (Å²) < 4.78 is 7.58. The van der Waals surface area contributed by atoms with Gasteiger partial charge in [0.25, 0.3) is 0 Å². The number of nitrogens with one attached hydrogen (secondary N) is 1. The van der Waals surface area contributed by atoms with Gasteiger partial charge in [-0.05, 0) is 41.6 Å². The first kappa shape index (κ1) is 17.8. The lowest BCUT2D eigenvalue weighted by Crippen LogP contribution is -2.54. The first-order valence-corrected chi connectivity index (χ1v) is 11.5. The fourth-order valence-corrected chi connectivity index (χ4v) is 6.37. The Bertz CT molecular complexity index is 911. The lowest BCUT2D eigenvalue weighted by molar-refractivity contribution is -0.813. The van der Waals surface area contributed by atoms with Crippen LogP contribution in [0.3, 0.4) is 0 Å². The van der Waals surface area contributed by atoms with Crippen molar-refractivity contribution in [2.45, 2.75) is 43.8 Å². The van der Waals surface area contributed by atoms with Crippen molar-refractivity contribution in [3.05, 3.63) is 22.5 Å². The van der Waals surface area contributed by atoms with Crippen LogP contribution < -0.4 is 5.32 Å². The van der Waals surface area contributed by atoms with Crippen molar-refractivity contribution in [3.8, 4) is 6.07 Å². The number of rotatable bonds is 4. The van der Waals surface area contributed by atoms with Gasteiger partial charge in [-0.2, -0.15) is 5.26 Å². The van der Waals surface area contributed by atoms with E-state index in [0.717, 1.165) is 27.8 Å². The summed E-state index contributed by atoms with van der Waals surface area (Å²) in [5.74, 6) is 1.16. The standard InChI is InChI=1S/C19H23BrN5OS/c1-27-25-9-14(10-25)24(11-25)13-4-2-12(3-5-13)23-19-18(20)16-6-15(7-21)26-17(16)8-22-19/h6,8,12-14H,2-5,9-11H2,1H3,(H,22,23)/q+1. The van der Waals surface area contributed by atoms with Crippen LogP contribution in [-0.2, 0) is 0 Å². The van der Waals surface area contributed by atoms with E-state index >= 15 is 0 Å². The minimum atomic E-state index is 0.315. The average molecular weight is 449 g/mol. The molecule has 1 N–H and O–H groups in total. The molecule has 2 aromatic rings. The third-order valence-electron chi connectivity index (χ3n) is 6.50. The number of nitriles is 1. The summed E-state index contributed by atoms with van der Waals surface area (Å²) in [7, 11) is 0. The van der Waals surface area contributed by atoms with E-state index in [4.69, 9.17) is 9.68 Å². The van der Waals surface area contributed by atoms with Crippen LogP contribution in [-0.4, -0.2) is 57.9 Å². The molecular weight excluding hydrogens is 426 g/mol. The minimum absolute atomic E-state index is 0.315. The number of halogens is 1. The highest BCUT2D eigenvalue weighted by molar-refractivity contribution is 9.10. The molecule has 2 aromatic heterocycles. The molecule has 142 valence electrons. The molecule has 0 atom stereocenters. The highest BCUT2D eigenvalue weighted by Crippen LogP contribution is 2.43. The van der Waals surface area contributed by atoms with E-state index in [1.165, 1.54) is 49.3 Å². The van der Waals surface area contributed by atoms with Crippen LogP contribution in [0.25, 0.3) is 11.0 Å². The molecule has 4 aliphatic rings. The number of furan rings is 1. The van der Waals surface area contributed by atoms with Gasteiger partial charge in [0.05, 0.1) is 22.6 Å². The molecule has 2 bridgehead atoms. The SMILES string of the molecule is CS[N+]12CC(C1)N(C1CCC(Nc3ncc4oc(C#N)cc4c3Br)CC1)C2. The van der Waals surface area contributed by atoms with Crippen LogP contribution in [0.2, 0.25) is 0 Å². The number of pyridine rings is 1. The van der Waals surface area contributed by atoms with Gasteiger partial charge < -0.3 is 9.73 Å². The lowest BCUT2D eigenvalue weighted by atomic mass is 9.89. The molecule has 3 saturated heterocycles. The minimum Gasteiger partial charge on any atom is -0.444 e. The Balaban J connectivity index is 1.23. The fourth-order valence-electron chi connectivity index (χ4n) is 4.95. The van der Waals surface area contributed by atoms with Crippen LogP contribution in [0, 0.1) is 11.3 Å². The Morgan fingerprint density at radius 2 is 2.11 bits per heavy atom. The molecule has 8 heteroatoms. The summed E-state index contributed by atoms with van der Waals surface area (Å²) >= 11 is 5.66. The number of hydrogen-bond donors (Lipinski definition) is 1. The molecule has 0 aromatic carbocycles. The van der Waals surface area contributed by atoms with Crippen LogP contribution in [0.15, 0.2) is 21.2 Å². The van der Waals surface area contributed by atoms with Gasteiger partial charge in [-0.15, -0.1) is 0 Å². The predicted molar refractivity (Wildman–Crippen MR) is 110 cm³/mol. The summed E-state index contributed by atoms with van der Waals surface area (Å²) in [6.07, 6.45) is 8.82. The van der Waals surface area contributed by atoms with Crippen molar-refractivity contribution >= 4 is 44.7 Å². The van der Waals surface area contributed by atoms with E-state index in [-0.39, 0.29) is 0 Å². The molecule has 5 heterocycles. The van der Waals surface area contributed by atoms with Crippen molar-refractivity contribution in [2.24, 2.45) is 0 Å². The Morgan fingerprint density at radius 1 is 1.33 bits per heavy atom. The third-order valence-corrected chi connectivity index (χ3v) is 8.49. The van der Waals surface area contributed by atoms with E-state index in [1.54, 1.807) is 12.3 Å². The van der Waals surface area contributed by atoms with Gasteiger partial charge in [0, 0.05) is 29.8 Å². The number of aromatic nitrogens is 1. The predicted octanol–water partition coefficient (Wildman–Crippen LogP) is 3.94. The van der Waals surface area contributed by atoms with Crippen molar-refractivity contribution in [1.29, 1.82) is 5.26 Å². The molecule has 0 radical (unpaired) electrons. The van der Waals surface area contributed by atoms with Gasteiger partial charge in [-0.1, -0.05) is 0 Å². The maximum Gasteiger partial charge on any atom is 0.204 e. The second-order valence-electron chi connectivity index (χ2n) is 7.99. The summed E-state index contributed by atoms with van der Waals surface area (Å²) in [5.41, 5.74) is 0.640. The Labute approximate surface area is 171 Å². The Kier molecular flexibility index (Phi) is 4.39. The van der Waals surface area contributed by atoms with Gasteiger partial charge in [-0.25, -0.2) is 13.8 Å². The molecule has 0 spiro atoms. The highest BCUT2D eigenvalue weighted by Gasteiger charge is 2.58. The quantitative estimate of drug-likeness (QED) is 0.564. The first-order valence-electron chi connectivity index (χ1n) is 9.53. The van der Waals surface area contributed by atoms with Gasteiger partial charge in [0.1, 0.15) is 37.7 Å². The fraction of sp³-hybridized carbons (Fsp3) is 0.579. The maximum atomic E-state index is 9.03. The topological polar surface area (TPSA) is 65.1 Å². The number of nitrogens with zero attached hydrogens (tertiary/aromatic N) is 4. The largest absolute Gasteiger partial charge is 0.444 e. The number of hydrogen-bond acceptors (Lipinski definition) is 6. The Hall–Kier alpha value is -1.27. The molecule has 1 saturated carbocycles. The van der Waals surface area contributed by atoms with Crippen molar-refractivity contribution in [3.63, 3.8) is 0 Å². The van der Waals surface area contributed by atoms with Crippen LogP contribution in [0.5, 0.6) is 0 Å². The third kappa shape index (κ3) is 2.96. The van der Waals surface area contributed by atoms with E-state index in [2.05, 4.69) is 37.4 Å². The van der Waals surface area contributed by atoms with Crippen LogP contribution >= 0.6 is 27.9 Å². The molecule has 27 heavy (non-hydrogen) atoms. The van der Waals surface area contributed by atoms with Crippen molar-refractivity contribution < 1.29 is 8.31 Å². The summed E-state index contributed by atoms with van der Waals surface area (Å²) in [6.45, 7) is 3.91. The number of fused-ring (bicyclic) bond motifs is 2. The summed E-state index contributed by atoms with van der Waals surface area (Å²) in [5, 5.41) is 13.5. The van der Waals surface area contributed by atoms with Gasteiger partial charge in [0.15, 0.2) is 5.58 Å². The first-order chi connectivity index (χ1) is 13.1. The normalized spacial score (nSPS) is 33.0. The maximum absolute atomic E-state index is 9.03. The Morgan fingerprint density at radius 3 is 2.78 bits per heavy atom. The van der Waals surface area contributed by atoms with E-state index in [0.29, 0.717) is 17.4 Å². The second kappa shape index (κ2) is 6.66. The molecule has 3 aliphatic heterocycles. The molecule has 0 amide bonds. The molecule has 6 rings (SSSR count). The smallest absolute Gasteiger partial charge is 0.204 e. The second-order valence-corrected chi connectivity index (χ2v) is 9.92. The van der Waals surface area contributed by atoms with Crippen LogP contribution in [0.4, 0.5) is 5.82 Å². The summed E-state index contributed by atoms with van der Waals surface area (Å²) in [6, 6.07) is 5.83. The highest BCUT2D eigenvalue weighted by atomic mass is 79.9. The zero-order valence-corrected chi connectivity index (χ0v) is 17.7. The molecule has 0 unspecified atom stereocenters.